The molecule has 0 bridgehead atoms. The molecule has 0 fully saturated rings. The Morgan fingerprint density at radius 1 is 0.960 bits per heavy atom. The highest BCUT2D eigenvalue weighted by atomic mass is 16.5. The summed E-state index contributed by atoms with van der Waals surface area (Å²) in [6.45, 7) is 7.78. The van der Waals surface area contributed by atoms with E-state index in [1.165, 1.54) is 0 Å². The minimum absolute atomic E-state index is 0.0784. The Hall–Kier alpha value is -2.59. The van der Waals surface area contributed by atoms with Crippen molar-refractivity contribution in [1.82, 2.24) is 15.1 Å². The molecule has 25 heavy (non-hydrogen) atoms. The first kappa shape index (κ1) is 17.2. The first-order valence-corrected chi connectivity index (χ1v) is 8.61. The first-order valence-electron chi connectivity index (χ1n) is 8.61. The highest BCUT2D eigenvalue weighted by molar-refractivity contribution is 5.68. The minimum atomic E-state index is 0.0784. The van der Waals surface area contributed by atoms with Crippen molar-refractivity contribution in [3.63, 3.8) is 0 Å². The van der Waals surface area contributed by atoms with Gasteiger partial charge < -0.3 is 10.1 Å². The van der Waals surface area contributed by atoms with E-state index >= 15 is 0 Å². The molecule has 3 rings (SSSR count). The van der Waals surface area contributed by atoms with Gasteiger partial charge >= 0.3 is 0 Å². The molecule has 0 aliphatic carbocycles. The molecule has 0 saturated heterocycles. The van der Waals surface area contributed by atoms with Crippen LogP contribution in [-0.2, 0) is 0 Å². The van der Waals surface area contributed by atoms with Gasteiger partial charge in [-0.05, 0) is 38.5 Å². The van der Waals surface area contributed by atoms with Crippen LogP contribution >= 0.6 is 0 Å². The van der Waals surface area contributed by atoms with Crippen molar-refractivity contribution < 1.29 is 4.74 Å². The standard InChI is InChI=1S/C21H25N3O/c1-21(2,3)22-14-15-25-20-19(17-10-6-4-7-11-17)16-24(23-20)18-12-8-5-9-13-18/h4-13,16,22H,14-15H2,1-3H3. The van der Waals surface area contributed by atoms with Gasteiger partial charge in [0.25, 0.3) is 0 Å². The van der Waals surface area contributed by atoms with E-state index in [-0.39, 0.29) is 5.54 Å². The number of para-hydroxylation sites is 1. The number of hydrogen-bond donors (Lipinski definition) is 1. The Kier molecular flexibility index (Phi) is 5.19. The van der Waals surface area contributed by atoms with Crippen molar-refractivity contribution in [2.24, 2.45) is 0 Å². The van der Waals surface area contributed by atoms with Gasteiger partial charge in [0.1, 0.15) is 6.61 Å². The number of nitrogens with one attached hydrogen (secondary N) is 1. The Morgan fingerprint density at radius 2 is 1.60 bits per heavy atom. The van der Waals surface area contributed by atoms with Gasteiger partial charge in [0.2, 0.25) is 5.88 Å². The smallest absolute Gasteiger partial charge is 0.241 e. The fourth-order valence-corrected chi connectivity index (χ4v) is 2.57. The van der Waals surface area contributed by atoms with E-state index in [2.05, 4.69) is 43.3 Å². The fourth-order valence-electron chi connectivity index (χ4n) is 2.57. The summed E-state index contributed by atoms with van der Waals surface area (Å²) in [5.74, 6) is 0.658. The van der Waals surface area contributed by atoms with Crippen LogP contribution in [0, 0.1) is 0 Å². The number of ether oxygens (including phenoxy) is 1. The summed E-state index contributed by atoms with van der Waals surface area (Å²) in [7, 11) is 0. The summed E-state index contributed by atoms with van der Waals surface area (Å²) in [6, 6.07) is 20.3. The largest absolute Gasteiger partial charge is 0.475 e. The average Bonchev–Trinajstić information content (AvgIpc) is 3.04. The van der Waals surface area contributed by atoms with Gasteiger partial charge in [0.15, 0.2) is 0 Å². The summed E-state index contributed by atoms with van der Waals surface area (Å²) in [5, 5.41) is 8.09. The molecule has 0 atom stereocenters. The van der Waals surface area contributed by atoms with Crippen LogP contribution in [0.2, 0.25) is 0 Å². The Balaban J connectivity index is 1.83. The third-order valence-electron chi connectivity index (χ3n) is 3.78. The van der Waals surface area contributed by atoms with Gasteiger partial charge in [-0.2, -0.15) is 0 Å². The molecule has 2 aromatic carbocycles. The molecule has 4 nitrogen and oxygen atoms in total. The SMILES string of the molecule is CC(C)(C)NCCOc1nn(-c2ccccc2)cc1-c1ccccc1. The zero-order valence-electron chi connectivity index (χ0n) is 15.1. The average molecular weight is 335 g/mol. The van der Waals surface area contributed by atoms with Crippen LogP contribution in [0.4, 0.5) is 0 Å². The lowest BCUT2D eigenvalue weighted by atomic mass is 10.1. The fraction of sp³-hybridized carbons (Fsp3) is 0.286. The predicted octanol–water partition coefficient (Wildman–Crippen LogP) is 4.31. The molecule has 0 saturated carbocycles. The lowest BCUT2D eigenvalue weighted by Gasteiger charge is -2.20. The third kappa shape index (κ3) is 4.70. The molecule has 3 aromatic rings. The molecule has 4 heteroatoms. The number of rotatable bonds is 6. The molecule has 1 N–H and O–H groups in total. The van der Waals surface area contributed by atoms with Crippen LogP contribution < -0.4 is 10.1 Å². The van der Waals surface area contributed by atoms with Gasteiger partial charge in [-0.3, -0.25) is 0 Å². The van der Waals surface area contributed by atoms with E-state index in [1.54, 1.807) is 0 Å². The van der Waals surface area contributed by atoms with Crippen LogP contribution in [0.1, 0.15) is 20.8 Å². The van der Waals surface area contributed by atoms with Gasteiger partial charge in [-0.1, -0.05) is 48.5 Å². The van der Waals surface area contributed by atoms with Crippen LogP contribution in [0.25, 0.3) is 16.8 Å². The summed E-state index contributed by atoms with van der Waals surface area (Å²) in [5.41, 5.74) is 3.20. The quantitative estimate of drug-likeness (QED) is 0.682. The number of hydrogen-bond acceptors (Lipinski definition) is 3. The molecule has 0 radical (unpaired) electrons. The van der Waals surface area contributed by atoms with Crippen LogP contribution in [0.3, 0.4) is 0 Å². The Morgan fingerprint density at radius 3 is 2.24 bits per heavy atom. The van der Waals surface area contributed by atoms with Gasteiger partial charge in [-0.15, -0.1) is 5.10 Å². The van der Waals surface area contributed by atoms with E-state index in [0.717, 1.165) is 23.4 Å². The van der Waals surface area contributed by atoms with Crippen molar-refractivity contribution in [3.05, 3.63) is 66.9 Å². The van der Waals surface area contributed by atoms with Gasteiger partial charge in [0.05, 0.1) is 11.3 Å². The van der Waals surface area contributed by atoms with Crippen molar-refractivity contribution in [2.45, 2.75) is 26.3 Å². The molecule has 130 valence electrons. The Labute approximate surface area is 149 Å². The molecule has 0 amide bonds. The van der Waals surface area contributed by atoms with E-state index in [0.29, 0.717) is 12.5 Å². The van der Waals surface area contributed by atoms with Crippen molar-refractivity contribution in [3.8, 4) is 22.7 Å². The number of aromatic nitrogens is 2. The van der Waals surface area contributed by atoms with Crippen LogP contribution in [0.15, 0.2) is 66.9 Å². The summed E-state index contributed by atoms with van der Waals surface area (Å²) in [6.07, 6.45) is 2.02. The third-order valence-corrected chi connectivity index (χ3v) is 3.78. The molecular formula is C21H25N3O. The van der Waals surface area contributed by atoms with Crippen molar-refractivity contribution in [2.75, 3.05) is 13.2 Å². The number of benzene rings is 2. The lowest BCUT2D eigenvalue weighted by molar-refractivity contribution is 0.281. The second-order valence-corrected chi connectivity index (χ2v) is 7.02. The summed E-state index contributed by atoms with van der Waals surface area (Å²) >= 11 is 0. The monoisotopic (exact) mass is 335 g/mol. The zero-order chi connectivity index (χ0) is 17.7. The highest BCUT2D eigenvalue weighted by Crippen LogP contribution is 2.29. The second-order valence-electron chi connectivity index (χ2n) is 7.02. The predicted molar refractivity (Wildman–Crippen MR) is 102 cm³/mol. The maximum atomic E-state index is 5.99. The van der Waals surface area contributed by atoms with E-state index in [4.69, 9.17) is 4.74 Å². The first-order chi connectivity index (χ1) is 12.0. The van der Waals surface area contributed by atoms with Crippen LogP contribution in [-0.4, -0.2) is 28.5 Å². The zero-order valence-corrected chi connectivity index (χ0v) is 15.1. The molecule has 1 aromatic heterocycles. The molecule has 0 aliphatic heterocycles. The molecule has 0 spiro atoms. The van der Waals surface area contributed by atoms with Crippen LogP contribution in [0.5, 0.6) is 5.88 Å². The van der Waals surface area contributed by atoms with E-state index in [1.807, 2.05) is 59.4 Å². The second kappa shape index (κ2) is 7.53. The molecule has 0 unspecified atom stereocenters. The lowest BCUT2D eigenvalue weighted by Crippen LogP contribution is -2.38. The van der Waals surface area contributed by atoms with Crippen molar-refractivity contribution >= 4 is 0 Å². The van der Waals surface area contributed by atoms with E-state index in [9.17, 15) is 0 Å². The maximum absolute atomic E-state index is 5.99. The summed E-state index contributed by atoms with van der Waals surface area (Å²) in [4.78, 5) is 0. The molecular weight excluding hydrogens is 310 g/mol. The molecule has 1 heterocycles. The van der Waals surface area contributed by atoms with Crippen molar-refractivity contribution in [1.29, 1.82) is 0 Å². The topological polar surface area (TPSA) is 39.1 Å². The number of nitrogens with zero attached hydrogens (tertiary/aromatic N) is 2. The summed E-state index contributed by atoms with van der Waals surface area (Å²) < 4.78 is 7.86. The van der Waals surface area contributed by atoms with Gasteiger partial charge in [0, 0.05) is 18.3 Å². The van der Waals surface area contributed by atoms with Gasteiger partial charge in [-0.25, -0.2) is 4.68 Å². The normalized spacial score (nSPS) is 11.5. The highest BCUT2D eigenvalue weighted by Gasteiger charge is 2.14. The Bertz CT molecular complexity index is 789. The molecule has 0 aliphatic rings. The van der Waals surface area contributed by atoms with E-state index < -0.39 is 0 Å². The maximum Gasteiger partial charge on any atom is 0.241 e. The minimum Gasteiger partial charge on any atom is -0.475 e.